The van der Waals surface area contributed by atoms with Gasteiger partial charge < -0.3 is 31.3 Å². The SMILES string of the molecule is CCCC(NC(=O)[C@@H]1[C@H]2CC[C@@H](O)[C@H]2CN1C(=O)[C@@H](NC(=O)[C@H](NC(=O)c1cnccn1)C(C)C)C(C)C)C(=O)C(=O)NC1CC1. The van der Waals surface area contributed by atoms with Gasteiger partial charge in [-0.05, 0) is 49.9 Å². The lowest BCUT2D eigenvalue weighted by Crippen LogP contribution is -2.60. The van der Waals surface area contributed by atoms with E-state index in [-0.39, 0.29) is 42.5 Å². The number of nitrogens with one attached hydrogen (secondary N) is 4. The summed E-state index contributed by atoms with van der Waals surface area (Å²) in [4.78, 5) is 89.3. The lowest BCUT2D eigenvalue weighted by molar-refractivity contribution is -0.145. The fourth-order valence-corrected chi connectivity index (χ4v) is 6.42. The van der Waals surface area contributed by atoms with Crippen LogP contribution in [0.3, 0.4) is 0 Å². The summed E-state index contributed by atoms with van der Waals surface area (Å²) in [6.07, 6.45) is 6.77. The summed E-state index contributed by atoms with van der Waals surface area (Å²) in [6, 6.07) is -4.11. The minimum Gasteiger partial charge on any atom is -0.393 e. The molecule has 1 aromatic rings. The average molecular weight is 642 g/mol. The van der Waals surface area contributed by atoms with E-state index in [2.05, 4.69) is 31.2 Å². The van der Waals surface area contributed by atoms with Gasteiger partial charge >= 0.3 is 0 Å². The Kier molecular flexibility index (Phi) is 11.5. The number of hydrogen-bond donors (Lipinski definition) is 5. The minimum atomic E-state index is -1.05. The van der Waals surface area contributed by atoms with E-state index in [0.717, 1.165) is 12.8 Å². The van der Waals surface area contributed by atoms with Crippen molar-refractivity contribution in [1.29, 1.82) is 0 Å². The number of aliphatic hydroxyl groups excluding tert-OH is 1. The molecule has 1 aromatic heterocycles. The first kappa shape index (κ1) is 34.9. The van der Waals surface area contributed by atoms with Crippen LogP contribution in [-0.2, 0) is 24.0 Å². The number of likely N-dealkylation sites (tertiary alicyclic amines) is 1. The highest BCUT2D eigenvalue weighted by atomic mass is 16.3. The summed E-state index contributed by atoms with van der Waals surface area (Å²) in [7, 11) is 0. The molecular formula is C32H47N7O7. The maximum atomic E-state index is 14.2. The van der Waals surface area contributed by atoms with Gasteiger partial charge in [-0.3, -0.25) is 33.8 Å². The Hall–Kier alpha value is -3.94. The van der Waals surface area contributed by atoms with Crippen molar-refractivity contribution in [2.75, 3.05) is 6.54 Å². The molecule has 0 aromatic carbocycles. The van der Waals surface area contributed by atoms with Gasteiger partial charge in [0.25, 0.3) is 11.8 Å². The van der Waals surface area contributed by atoms with Gasteiger partial charge in [-0.25, -0.2) is 4.98 Å². The van der Waals surface area contributed by atoms with Gasteiger partial charge in [0.05, 0.1) is 18.3 Å². The zero-order chi connectivity index (χ0) is 33.7. The number of ketones is 1. The highest BCUT2D eigenvalue weighted by Crippen LogP contribution is 2.43. The van der Waals surface area contributed by atoms with E-state index in [1.165, 1.54) is 23.5 Å². The monoisotopic (exact) mass is 641 g/mol. The molecule has 2 saturated carbocycles. The van der Waals surface area contributed by atoms with E-state index in [0.29, 0.717) is 19.3 Å². The Morgan fingerprint density at radius 3 is 2.20 bits per heavy atom. The highest BCUT2D eigenvalue weighted by molar-refractivity contribution is 6.38. The Morgan fingerprint density at radius 2 is 1.61 bits per heavy atom. The number of hydrogen-bond acceptors (Lipinski definition) is 9. The summed E-state index contributed by atoms with van der Waals surface area (Å²) in [6.45, 7) is 9.00. The molecule has 46 heavy (non-hydrogen) atoms. The van der Waals surface area contributed by atoms with Crippen LogP contribution in [0.5, 0.6) is 0 Å². The predicted molar refractivity (Wildman–Crippen MR) is 166 cm³/mol. The predicted octanol–water partition coefficient (Wildman–Crippen LogP) is 0.102. The quantitative estimate of drug-likeness (QED) is 0.175. The third-order valence-electron chi connectivity index (χ3n) is 9.15. The molecule has 0 bridgehead atoms. The van der Waals surface area contributed by atoms with Crippen molar-refractivity contribution < 1.29 is 33.9 Å². The van der Waals surface area contributed by atoms with Crippen LogP contribution in [0.2, 0.25) is 0 Å². The van der Waals surface area contributed by atoms with Gasteiger partial charge in [-0.1, -0.05) is 41.0 Å². The number of rotatable bonds is 14. The Bertz CT molecular complexity index is 1300. The summed E-state index contributed by atoms with van der Waals surface area (Å²) in [5.41, 5.74) is 0.0401. The van der Waals surface area contributed by atoms with Crippen LogP contribution >= 0.6 is 0 Å². The van der Waals surface area contributed by atoms with Crippen molar-refractivity contribution in [2.45, 2.75) is 109 Å². The van der Waals surface area contributed by atoms with Crippen molar-refractivity contribution in [3.8, 4) is 0 Å². The van der Waals surface area contributed by atoms with Crippen LogP contribution in [-0.4, -0.2) is 98.2 Å². The lowest BCUT2D eigenvalue weighted by atomic mass is 9.92. The molecule has 1 aliphatic heterocycles. The van der Waals surface area contributed by atoms with E-state index in [4.69, 9.17) is 0 Å². The van der Waals surface area contributed by atoms with Crippen LogP contribution < -0.4 is 21.3 Å². The van der Waals surface area contributed by atoms with Crippen LogP contribution in [0.25, 0.3) is 0 Å². The van der Waals surface area contributed by atoms with Gasteiger partial charge in [0.15, 0.2) is 0 Å². The molecule has 1 unspecified atom stereocenters. The van der Waals surface area contributed by atoms with Gasteiger partial charge in [0, 0.05) is 30.9 Å². The molecule has 0 radical (unpaired) electrons. The topological polar surface area (TPSA) is 200 Å². The average Bonchev–Trinajstić information content (AvgIpc) is 3.65. The van der Waals surface area contributed by atoms with Crippen LogP contribution in [0.15, 0.2) is 18.6 Å². The number of nitrogens with zero attached hydrogens (tertiary/aromatic N) is 3. The zero-order valence-electron chi connectivity index (χ0n) is 27.2. The smallest absolute Gasteiger partial charge is 0.289 e. The maximum Gasteiger partial charge on any atom is 0.289 e. The number of carbonyl (C=O) groups is 6. The van der Waals surface area contributed by atoms with Gasteiger partial charge in [-0.15, -0.1) is 0 Å². The van der Waals surface area contributed by atoms with E-state index in [1.54, 1.807) is 27.7 Å². The molecule has 2 heterocycles. The van der Waals surface area contributed by atoms with Crippen LogP contribution in [0, 0.1) is 23.7 Å². The van der Waals surface area contributed by atoms with Gasteiger partial charge in [0.2, 0.25) is 23.5 Å². The number of aromatic nitrogens is 2. The molecule has 5 amide bonds. The largest absolute Gasteiger partial charge is 0.393 e. The highest BCUT2D eigenvalue weighted by Gasteiger charge is 2.54. The molecule has 3 fully saturated rings. The molecular weight excluding hydrogens is 594 g/mol. The third kappa shape index (κ3) is 8.06. The number of Topliss-reactive ketones (excluding diaryl/α,β-unsaturated/α-hetero) is 1. The summed E-state index contributed by atoms with van der Waals surface area (Å²) >= 11 is 0. The number of fused-ring (bicyclic) bond motifs is 1. The normalized spacial score (nSPS) is 24.1. The van der Waals surface area contributed by atoms with E-state index in [1.807, 2.05) is 6.92 Å². The second-order valence-corrected chi connectivity index (χ2v) is 13.4. The fourth-order valence-electron chi connectivity index (χ4n) is 6.42. The fraction of sp³-hybridized carbons (Fsp3) is 0.688. The first-order valence-electron chi connectivity index (χ1n) is 16.3. The van der Waals surface area contributed by atoms with Gasteiger partial charge in [-0.2, -0.15) is 0 Å². The van der Waals surface area contributed by atoms with E-state index < -0.39 is 71.5 Å². The molecule has 4 rings (SSSR count). The molecule has 252 valence electrons. The maximum absolute atomic E-state index is 14.2. The first-order valence-corrected chi connectivity index (χ1v) is 16.3. The molecule has 14 nitrogen and oxygen atoms in total. The third-order valence-corrected chi connectivity index (χ3v) is 9.15. The van der Waals surface area contributed by atoms with Gasteiger partial charge in [0.1, 0.15) is 23.8 Å². The number of aliphatic hydroxyl groups is 1. The van der Waals surface area contributed by atoms with Crippen molar-refractivity contribution in [3.63, 3.8) is 0 Å². The summed E-state index contributed by atoms with van der Waals surface area (Å²) < 4.78 is 0. The number of carbonyl (C=O) groups excluding carboxylic acids is 6. The Morgan fingerprint density at radius 1 is 0.913 bits per heavy atom. The number of amides is 5. The molecule has 14 heteroatoms. The molecule has 3 aliphatic rings. The Labute approximate surface area is 269 Å². The van der Waals surface area contributed by atoms with Crippen molar-refractivity contribution in [2.24, 2.45) is 23.7 Å². The second kappa shape index (κ2) is 15.1. The summed E-state index contributed by atoms with van der Waals surface area (Å²) in [5, 5.41) is 21.6. The molecule has 1 saturated heterocycles. The standard InChI is InChI=1S/C32H47N7O7/c1-6-7-21(27(41)31(45)35-18-8-9-18)36-30(44)26-19-10-11-23(40)20(19)15-39(26)32(46)25(17(4)5)38-29(43)24(16(2)3)37-28(42)22-14-33-12-13-34-22/h12-14,16-21,23-26,40H,6-11,15H2,1-5H3,(H,35,45)(H,36,44)(H,37,42)(H,38,43)/t19-,20-,21?,23+,24+,25-,26-/m0/s1. The molecule has 0 spiro atoms. The minimum absolute atomic E-state index is 0.0167. The zero-order valence-corrected chi connectivity index (χ0v) is 27.2. The first-order chi connectivity index (χ1) is 21.8. The van der Waals surface area contributed by atoms with Crippen LogP contribution in [0.4, 0.5) is 0 Å². The lowest BCUT2D eigenvalue weighted by Gasteiger charge is -2.34. The van der Waals surface area contributed by atoms with Crippen molar-refractivity contribution in [3.05, 3.63) is 24.3 Å². The van der Waals surface area contributed by atoms with E-state index >= 15 is 0 Å². The van der Waals surface area contributed by atoms with Crippen molar-refractivity contribution in [1.82, 2.24) is 36.1 Å². The molecule has 7 atom stereocenters. The summed E-state index contributed by atoms with van der Waals surface area (Å²) in [5.74, 6) is -5.12. The molecule has 2 aliphatic carbocycles. The Balaban J connectivity index is 1.52. The van der Waals surface area contributed by atoms with Crippen LogP contribution in [0.1, 0.15) is 83.6 Å². The molecule has 5 N–H and O–H groups in total. The van der Waals surface area contributed by atoms with E-state index in [9.17, 15) is 33.9 Å². The second-order valence-electron chi connectivity index (χ2n) is 13.4. The van der Waals surface area contributed by atoms with Crippen molar-refractivity contribution >= 4 is 35.3 Å².